The number of aryl methyl sites for hydroxylation is 1. The predicted octanol–water partition coefficient (Wildman–Crippen LogP) is 2.97. The van der Waals surface area contributed by atoms with Crippen LogP contribution in [0.5, 0.6) is 0 Å². The summed E-state index contributed by atoms with van der Waals surface area (Å²) in [4.78, 5) is 14.2. The minimum absolute atomic E-state index is 0.136. The number of benzene rings is 1. The van der Waals surface area contributed by atoms with E-state index in [1.165, 1.54) is 0 Å². The number of aromatic nitrogens is 2. The molecule has 2 rings (SSSR count). The molecule has 0 aliphatic carbocycles. The van der Waals surface area contributed by atoms with E-state index in [1.54, 1.807) is 10.9 Å². The Labute approximate surface area is 142 Å². The molecule has 0 saturated heterocycles. The van der Waals surface area contributed by atoms with Gasteiger partial charge in [-0.25, -0.2) is 0 Å². The summed E-state index contributed by atoms with van der Waals surface area (Å²) in [6.07, 6.45) is 2.64. The molecule has 1 heterocycles. The molecule has 2 aromatic rings. The van der Waals surface area contributed by atoms with Crippen molar-refractivity contribution in [3.05, 3.63) is 41.6 Å². The number of nitrogens with one attached hydrogen (secondary N) is 1. The van der Waals surface area contributed by atoms with Gasteiger partial charge in [0.05, 0.1) is 0 Å². The lowest BCUT2D eigenvalue weighted by molar-refractivity contribution is -0.116. The van der Waals surface area contributed by atoms with Crippen molar-refractivity contribution >= 4 is 17.4 Å². The van der Waals surface area contributed by atoms with Crippen LogP contribution in [0.3, 0.4) is 0 Å². The molecule has 0 aliphatic rings. The van der Waals surface area contributed by atoms with E-state index in [-0.39, 0.29) is 11.9 Å². The van der Waals surface area contributed by atoms with Gasteiger partial charge in [0.25, 0.3) is 0 Å². The first-order valence-corrected chi connectivity index (χ1v) is 7.96. The van der Waals surface area contributed by atoms with Crippen molar-refractivity contribution in [3.63, 3.8) is 0 Å². The van der Waals surface area contributed by atoms with Gasteiger partial charge in [-0.15, -0.1) is 0 Å². The number of hydrogen-bond donors (Lipinski definition) is 1. The van der Waals surface area contributed by atoms with Gasteiger partial charge in [-0.05, 0) is 38.0 Å². The molecule has 6 nitrogen and oxygen atoms in total. The number of nitrogens with zero attached hydrogens (tertiary/aromatic N) is 4. The van der Waals surface area contributed by atoms with E-state index in [1.807, 2.05) is 51.0 Å². The molecule has 0 fully saturated rings. The molecule has 0 atom stereocenters. The third-order valence-electron chi connectivity index (χ3n) is 3.71. The SMILES string of the molecule is CC(C)n1cc(C#N)c(NC(=O)CCc2cccc(N(C)C)c2)n1. The van der Waals surface area contributed by atoms with Gasteiger partial charge in [0.1, 0.15) is 11.6 Å². The van der Waals surface area contributed by atoms with Crippen LogP contribution in [0.1, 0.15) is 37.4 Å². The van der Waals surface area contributed by atoms with Gasteiger partial charge in [-0.1, -0.05) is 12.1 Å². The molecule has 1 aromatic heterocycles. The number of rotatable bonds is 6. The molecule has 0 radical (unpaired) electrons. The molecule has 1 aromatic carbocycles. The van der Waals surface area contributed by atoms with Gasteiger partial charge in [0.2, 0.25) is 5.91 Å². The summed E-state index contributed by atoms with van der Waals surface area (Å²) >= 11 is 0. The summed E-state index contributed by atoms with van der Waals surface area (Å²) in [7, 11) is 3.97. The predicted molar refractivity (Wildman–Crippen MR) is 95.0 cm³/mol. The zero-order valence-electron chi connectivity index (χ0n) is 14.6. The van der Waals surface area contributed by atoms with Gasteiger partial charge in [-0.3, -0.25) is 9.48 Å². The monoisotopic (exact) mass is 325 g/mol. The first kappa shape index (κ1) is 17.5. The highest BCUT2D eigenvalue weighted by atomic mass is 16.1. The zero-order chi connectivity index (χ0) is 17.7. The summed E-state index contributed by atoms with van der Waals surface area (Å²) in [5.74, 6) is 0.189. The number of hydrogen-bond acceptors (Lipinski definition) is 4. The third kappa shape index (κ3) is 4.35. The Balaban J connectivity index is 1.99. The Morgan fingerprint density at radius 1 is 1.42 bits per heavy atom. The largest absolute Gasteiger partial charge is 0.378 e. The summed E-state index contributed by atoms with van der Waals surface area (Å²) in [5, 5.41) is 16.2. The van der Waals surface area contributed by atoms with Crippen LogP contribution in [0.15, 0.2) is 30.5 Å². The van der Waals surface area contributed by atoms with Crippen LogP contribution >= 0.6 is 0 Å². The molecule has 6 heteroatoms. The first-order valence-electron chi connectivity index (χ1n) is 7.96. The second kappa shape index (κ2) is 7.64. The minimum Gasteiger partial charge on any atom is -0.378 e. The first-order chi connectivity index (χ1) is 11.4. The molecule has 1 amide bonds. The maximum absolute atomic E-state index is 12.2. The highest BCUT2D eigenvalue weighted by Gasteiger charge is 2.13. The average molecular weight is 325 g/mol. The van der Waals surface area contributed by atoms with Gasteiger partial charge >= 0.3 is 0 Å². The van der Waals surface area contributed by atoms with Gasteiger partial charge < -0.3 is 10.2 Å². The van der Waals surface area contributed by atoms with Crippen LogP contribution in [-0.4, -0.2) is 29.8 Å². The van der Waals surface area contributed by atoms with E-state index >= 15 is 0 Å². The number of carbonyl (C=O) groups excluding carboxylic acids is 1. The lowest BCUT2D eigenvalue weighted by atomic mass is 10.1. The van der Waals surface area contributed by atoms with E-state index < -0.39 is 0 Å². The van der Waals surface area contributed by atoms with Crippen molar-refractivity contribution < 1.29 is 4.79 Å². The van der Waals surface area contributed by atoms with Crippen LogP contribution in [0.25, 0.3) is 0 Å². The summed E-state index contributed by atoms with van der Waals surface area (Å²) in [6.45, 7) is 3.94. The van der Waals surface area contributed by atoms with Crippen LogP contribution in [0.4, 0.5) is 11.5 Å². The van der Waals surface area contributed by atoms with Crippen molar-refractivity contribution in [2.24, 2.45) is 0 Å². The summed E-state index contributed by atoms with van der Waals surface area (Å²) < 4.78 is 1.68. The fourth-order valence-corrected chi connectivity index (χ4v) is 2.27. The van der Waals surface area contributed by atoms with E-state index in [0.717, 1.165) is 11.3 Å². The highest BCUT2D eigenvalue weighted by Crippen LogP contribution is 2.17. The summed E-state index contributed by atoms with van der Waals surface area (Å²) in [6, 6.07) is 10.3. The minimum atomic E-state index is -0.143. The van der Waals surface area contributed by atoms with Crippen molar-refractivity contribution in [1.82, 2.24) is 9.78 Å². The number of amides is 1. The molecule has 0 aliphatic heterocycles. The Hall–Kier alpha value is -2.81. The average Bonchev–Trinajstić information content (AvgIpc) is 2.96. The topological polar surface area (TPSA) is 74.0 Å². The highest BCUT2D eigenvalue weighted by molar-refractivity contribution is 5.91. The van der Waals surface area contributed by atoms with Crippen molar-refractivity contribution in [1.29, 1.82) is 5.26 Å². The lowest BCUT2D eigenvalue weighted by Gasteiger charge is -2.13. The smallest absolute Gasteiger partial charge is 0.225 e. The summed E-state index contributed by atoms with van der Waals surface area (Å²) in [5.41, 5.74) is 2.59. The lowest BCUT2D eigenvalue weighted by Crippen LogP contribution is -2.14. The van der Waals surface area contributed by atoms with E-state index in [9.17, 15) is 4.79 Å². The molecule has 1 N–H and O–H groups in total. The van der Waals surface area contributed by atoms with E-state index in [4.69, 9.17) is 5.26 Å². The third-order valence-corrected chi connectivity index (χ3v) is 3.71. The molecule has 0 spiro atoms. The number of anilines is 2. The molecule has 0 bridgehead atoms. The molecular weight excluding hydrogens is 302 g/mol. The van der Waals surface area contributed by atoms with Gasteiger partial charge in [0, 0.05) is 38.4 Å². The Morgan fingerprint density at radius 2 is 2.17 bits per heavy atom. The molecule has 0 saturated carbocycles. The van der Waals surface area contributed by atoms with E-state index in [2.05, 4.69) is 22.6 Å². The van der Waals surface area contributed by atoms with Crippen LogP contribution in [0, 0.1) is 11.3 Å². The second-order valence-corrected chi connectivity index (χ2v) is 6.19. The number of nitriles is 1. The van der Waals surface area contributed by atoms with Crippen molar-refractivity contribution in [3.8, 4) is 6.07 Å². The van der Waals surface area contributed by atoms with Gasteiger partial charge in [-0.2, -0.15) is 10.4 Å². The van der Waals surface area contributed by atoms with Crippen LogP contribution in [-0.2, 0) is 11.2 Å². The maximum atomic E-state index is 12.2. The Kier molecular flexibility index (Phi) is 5.59. The Morgan fingerprint density at radius 3 is 2.79 bits per heavy atom. The molecular formula is C18H23N5O. The number of carbonyl (C=O) groups is 1. The van der Waals surface area contributed by atoms with Crippen molar-refractivity contribution in [2.45, 2.75) is 32.7 Å². The quantitative estimate of drug-likeness (QED) is 0.886. The zero-order valence-corrected chi connectivity index (χ0v) is 14.6. The fourth-order valence-electron chi connectivity index (χ4n) is 2.27. The standard InChI is InChI=1S/C18H23N5O/c1-13(2)23-12-15(11-19)18(21-23)20-17(24)9-8-14-6-5-7-16(10-14)22(3)4/h5-7,10,12-13H,8-9H2,1-4H3,(H,20,21,24). The van der Waals surface area contributed by atoms with Crippen molar-refractivity contribution in [2.75, 3.05) is 24.3 Å². The Bertz CT molecular complexity index is 755. The molecule has 24 heavy (non-hydrogen) atoms. The van der Waals surface area contributed by atoms with Crippen LogP contribution in [0.2, 0.25) is 0 Å². The molecule has 0 unspecified atom stereocenters. The van der Waals surface area contributed by atoms with Gasteiger partial charge in [0.15, 0.2) is 5.82 Å². The second-order valence-electron chi connectivity index (χ2n) is 6.19. The van der Waals surface area contributed by atoms with Crippen LogP contribution < -0.4 is 10.2 Å². The van der Waals surface area contributed by atoms with E-state index in [0.29, 0.717) is 24.2 Å². The normalized spacial score (nSPS) is 10.5. The molecule has 126 valence electrons. The maximum Gasteiger partial charge on any atom is 0.225 e. The fraction of sp³-hybridized carbons (Fsp3) is 0.389.